The average Bonchev–Trinajstić information content (AvgIpc) is 2.62. The molecule has 2 aromatic rings. The number of anilines is 2. The first-order valence-electron chi connectivity index (χ1n) is 8.32. The highest BCUT2D eigenvalue weighted by molar-refractivity contribution is 6.05. The van der Waals surface area contributed by atoms with Gasteiger partial charge in [-0.25, -0.2) is 0 Å². The maximum Gasteiger partial charge on any atom is 0.416 e. The number of nitrogens with one attached hydrogen (secondary N) is 2. The van der Waals surface area contributed by atoms with Crippen molar-refractivity contribution in [3.05, 3.63) is 58.7 Å². The predicted molar refractivity (Wildman–Crippen MR) is 94.5 cm³/mol. The van der Waals surface area contributed by atoms with Gasteiger partial charge in [0.05, 0.1) is 11.1 Å². The largest absolute Gasteiger partial charge is 0.416 e. The molecule has 0 saturated carbocycles. The lowest BCUT2D eigenvalue weighted by Crippen LogP contribution is -2.18. The number of hydrogen-bond acceptors (Lipinski definition) is 2. The van der Waals surface area contributed by atoms with E-state index < -0.39 is 35.0 Å². The Morgan fingerprint density at radius 2 is 1.41 bits per heavy atom. The van der Waals surface area contributed by atoms with E-state index in [2.05, 4.69) is 10.6 Å². The van der Waals surface area contributed by atoms with Crippen molar-refractivity contribution in [1.82, 2.24) is 0 Å². The van der Waals surface area contributed by atoms with Crippen molar-refractivity contribution in [2.75, 3.05) is 10.6 Å². The minimum Gasteiger partial charge on any atom is -0.326 e. The molecule has 0 aliphatic heterocycles. The van der Waals surface area contributed by atoms with Crippen molar-refractivity contribution in [2.45, 2.75) is 32.6 Å². The van der Waals surface area contributed by atoms with Crippen molar-refractivity contribution < 1.29 is 35.9 Å². The topological polar surface area (TPSA) is 58.2 Å². The molecule has 10 heteroatoms. The normalized spacial score (nSPS) is 11.9. The minimum atomic E-state index is -5.06. The Hall–Kier alpha value is -3.04. The van der Waals surface area contributed by atoms with Crippen LogP contribution in [0.5, 0.6) is 0 Å². The molecule has 2 amide bonds. The van der Waals surface area contributed by atoms with Gasteiger partial charge in [0, 0.05) is 23.4 Å². The molecular weight excluding hydrogens is 402 g/mol. The van der Waals surface area contributed by atoms with Crippen LogP contribution >= 0.6 is 0 Å². The number of aryl methyl sites for hydroxylation is 1. The zero-order chi connectivity index (χ0) is 22.0. The van der Waals surface area contributed by atoms with Crippen molar-refractivity contribution in [3.8, 4) is 0 Å². The first-order valence-corrected chi connectivity index (χ1v) is 8.32. The van der Waals surface area contributed by atoms with E-state index in [4.69, 9.17) is 0 Å². The van der Waals surface area contributed by atoms with Gasteiger partial charge >= 0.3 is 12.4 Å². The molecule has 29 heavy (non-hydrogen) atoms. The summed E-state index contributed by atoms with van der Waals surface area (Å²) in [5.41, 5.74) is -3.02. The number of carbonyl (C=O) groups is 2. The van der Waals surface area contributed by atoms with Gasteiger partial charge in [0.2, 0.25) is 5.91 Å². The van der Waals surface area contributed by atoms with Gasteiger partial charge in [-0.15, -0.1) is 0 Å². The highest BCUT2D eigenvalue weighted by atomic mass is 19.4. The zero-order valence-electron chi connectivity index (χ0n) is 15.3. The minimum absolute atomic E-state index is 0.0526. The zero-order valence-corrected chi connectivity index (χ0v) is 15.3. The lowest BCUT2D eigenvalue weighted by atomic mass is 10.0. The summed E-state index contributed by atoms with van der Waals surface area (Å²) in [6, 6.07) is 5.09. The maximum atomic E-state index is 13.0. The summed E-state index contributed by atoms with van der Waals surface area (Å²) in [6.45, 7) is 3.20. The van der Waals surface area contributed by atoms with E-state index in [0.717, 1.165) is 0 Å². The molecule has 2 N–H and O–H groups in total. The van der Waals surface area contributed by atoms with Crippen molar-refractivity contribution >= 4 is 23.2 Å². The molecule has 156 valence electrons. The third kappa shape index (κ3) is 5.72. The van der Waals surface area contributed by atoms with E-state index in [1.54, 1.807) is 19.9 Å². The van der Waals surface area contributed by atoms with Crippen LogP contribution in [0.15, 0.2) is 36.4 Å². The first kappa shape index (κ1) is 22.3. The summed E-state index contributed by atoms with van der Waals surface area (Å²) in [6.07, 6.45) is -9.92. The molecule has 0 aliphatic rings. The molecule has 2 aromatic carbocycles. The summed E-state index contributed by atoms with van der Waals surface area (Å²) in [5, 5.41) is 4.83. The fourth-order valence-corrected chi connectivity index (χ4v) is 2.36. The molecule has 4 nitrogen and oxygen atoms in total. The smallest absolute Gasteiger partial charge is 0.326 e. The molecule has 0 bridgehead atoms. The van der Waals surface area contributed by atoms with Crippen LogP contribution in [0.2, 0.25) is 0 Å². The number of rotatable bonds is 4. The van der Waals surface area contributed by atoms with Crippen LogP contribution in [0, 0.1) is 6.92 Å². The van der Waals surface area contributed by atoms with Gasteiger partial charge in [0.1, 0.15) is 0 Å². The van der Waals surface area contributed by atoms with Gasteiger partial charge in [0.25, 0.3) is 5.91 Å². The highest BCUT2D eigenvalue weighted by Gasteiger charge is 2.37. The number of alkyl halides is 6. The predicted octanol–water partition coefficient (Wildman–Crippen LogP) is 5.63. The van der Waals surface area contributed by atoms with Crippen LogP contribution in [0.1, 0.15) is 40.4 Å². The van der Waals surface area contributed by atoms with Gasteiger partial charge in [-0.1, -0.05) is 13.0 Å². The number of benzene rings is 2. The number of amides is 2. The lowest BCUT2D eigenvalue weighted by molar-refractivity contribution is -0.143. The molecule has 0 spiro atoms. The quantitative estimate of drug-likeness (QED) is 0.632. The summed E-state index contributed by atoms with van der Waals surface area (Å²) in [5.74, 6) is -1.46. The van der Waals surface area contributed by atoms with Crippen LogP contribution < -0.4 is 10.6 Å². The fourth-order valence-electron chi connectivity index (χ4n) is 2.36. The van der Waals surface area contributed by atoms with E-state index in [1.807, 2.05) is 0 Å². The van der Waals surface area contributed by atoms with Gasteiger partial charge in [0.15, 0.2) is 0 Å². The Balaban J connectivity index is 2.40. The Labute approximate surface area is 161 Å². The van der Waals surface area contributed by atoms with Crippen molar-refractivity contribution in [1.29, 1.82) is 0 Å². The molecule has 0 fully saturated rings. The van der Waals surface area contributed by atoms with Gasteiger partial charge < -0.3 is 10.6 Å². The lowest BCUT2D eigenvalue weighted by Gasteiger charge is -2.15. The summed E-state index contributed by atoms with van der Waals surface area (Å²) in [4.78, 5) is 23.9. The molecule has 0 aromatic heterocycles. The van der Waals surface area contributed by atoms with Crippen LogP contribution in [0.4, 0.5) is 37.7 Å². The second-order valence-corrected chi connectivity index (χ2v) is 6.18. The van der Waals surface area contributed by atoms with Gasteiger partial charge in [-0.05, 0) is 42.8 Å². The Bertz CT molecular complexity index is 903. The van der Waals surface area contributed by atoms with E-state index >= 15 is 0 Å². The summed E-state index contributed by atoms with van der Waals surface area (Å²) >= 11 is 0. The van der Waals surface area contributed by atoms with E-state index in [0.29, 0.717) is 23.4 Å². The standard InChI is InChI=1S/C19H16F6N2O2/c1-3-16(28)26-14-5-4-10(2)15(9-14)27-17(29)11-6-12(18(20,21)22)8-13(7-11)19(23,24)25/h4-9H,3H2,1-2H3,(H,26,28)(H,27,29). The number of hydrogen-bond donors (Lipinski definition) is 2. The molecule has 0 aliphatic carbocycles. The SMILES string of the molecule is CCC(=O)Nc1ccc(C)c(NC(=O)c2cc(C(F)(F)F)cc(C(F)(F)F)c2)c1. The third-order valence-electron chi connectivity index (χ3n) is 3.94. The van der Waals surface area contributed by atoms with E-state index in [9.17, 15) is 35.9 Å². The van der Waals surface area contributed by atoms with Gasteiger partial charge in [-0.2, -0.15) is 26.3 Å². The fraction of sp³-hybridized carbons (Fsp3) is 0.263. The van der Waals surface area contributed by atoms with E-state index in [-0.39, 0.29) is 24.1 Å². The molecule has 0 saturated heterocycles. The third-order valence-corrected chi connectivity index (χ3v) is 3.94. The van der Waals surface area contributed by atoms with Crippen LogP contribution in [0.3, 0.4) is 0 Å². The number of halogens is 6. The van der Waals surface area contributed by atoms with Crippen LogP contribution in [-0.2, 0) is 17.1 Å². The highest BCUT2D eigenvalue weighted by Crippen LogP contribution is 2.36. The average molecular weight is 418 g/mol. The van der Waals surface area contributed by atoms with Crippen LogP contribution in [-0.4, -0.2) is 11.8 Å². The molecule has 2 rings (SSSR count). The molecule has 0 atom stereocenters. The summed E-state index contributed by atoms with van der Waals surface area (Å²) in [7, 11) is 0. The van der Waals surface area contributed by atoms with Crippen molar-refractivity contribution in [3.63, 3.8) is 0 Å². The summed E-state index contributed by atoms with van der Waals surface area (Å²) < 4.78 is 77.8. The molecule has 0 radical (unpaired) electrons. The molecule has 0 unspecified atom stereocenters. The monoisotopic (exact) mass is 418 g/mol. The molecular formula is C19H16F6N2O2. The van der Waals surface area contributed by atoms with Gasteiger partial charge in [-0.3, -0.25) is 9.59 Å². The number of carbonyl (C=O) groups excluding carboxylic acids is 2. The van der Waals surface area contributed by atoms with Crippen molar-refractivity contribution in [2.24, 2.45) is 0 Å². The Kier molecular flexibility index (Phi) is 6.24. The maximum absolute atomic E-state index is 13.0. The first-order chi connectivity index (χ1) is 13.3. The van der Waals surface area contributed by atoms with Crippen LogP contribution in [0.25, 0.3) is 0 Å². The Morgan fingerprint density at radius 3 is 1.90 bits per heavy atom. The second kappa shape index (κ2) is 8.14. The Morgan fingerprint density at radius 1 is 0.862 bits per heavy atom. The van der Waals surface area contributed by atoms with E-state index in [1.165, 1.54) is 12.1 Å². The second-order valence-electron chi connectivity index (χ2n) is 6.18. The molecule has 0 heterocycles.